The number of carbonyl (C=O) groups is 1. The number of aliphatic imine (C=N–C) groups is 1. The third-order valence-electron chi connectivity index (χ3n) is 3.43. The number of halogens is 1. The Bertz CT molecular complexity index is 880. The fourth-order valence-electron chi connectivity index (χ4n) is 2.23. The first-order valence-electron chi connectivity index (χ1n) is 7.37. The van der Waals surface area contributed by atoms with Crippen LogP contribution in [-0.2, 0) is 4.79 Å². The lowest BCUT2D eigenvalue weighted by atomic mass is 10.2. The van der Waals surface area contributed by atoms with Gasteiger partial charge in [-0.05, 0) is 63.6 Å². The van der Waals surface area contributed by atoms with Gasteiger partial charge in [-0.2, -0.15) is 0 Å². The molecule has 1 amide bonds. The molecule has 0 bridgehead atoms. The number of nitrogens with one attached hydrogen (secondary N) is 1. The highest BCUT2D eigenvalue weighted by Crippen LogP contribution is 2.33. The Hall–Kier alpha value is -2.25. The van der Waals surface area contributed by atoms with Gasteiger partial charge in [-0.25, -0.2) is 4.99 Å². The van der Waals surface area contributed by atoms with Crippen LogP contribution >= 0.6 is 27.7 Å². The number of hydrogen-bond acceptors (Lipinski definition) is 5. The first kappa shape index (κ1) is 17.6. The summed E-state index contributed by atoms with van der Waals surface area (Å²) < 4.78 is 11.4. The zero-order valence-corrected chi connectivity index (χ0v) is 16.0. The molecule has 1 aliphatic rings. The van der Waals surface area contributed by atoms with Crippen molar-refractivity contribution in [1.82, 2.24) is 5.32 Å². The maximum atomic E-state index is 12.2. The smallest absolute Gasteiger partial charge is 0.264 e. The lowest BCUT2D eigenvalue weighted by molar-refractivity contribution is -0.115. The average Bonchev–Trinajstić information content (AvgIpc) is 2.96. The first-order chi connectivity index (χ1) is 12.1. The second-order valence-corrected chi connectivity index (χ2v) is 6.93. The Balaban J connectivity index is 1.86. The largest absolute Gasteiger partial charge is 0.493 e. The van der Waals surface area contributed by atoms with Crippen LogP contribution in [-0.4, -0.2) is 25.3 Å². The lowest BCUT2D eigenvalue weighted by Gasteiger charge is -2.07. The van der Waals surface area contributed by atoms with Gasteiger partial charge in [0.1, 0.15) is 0 Å². The quantitative estimate of drug-likeness (QED) is 0.749. The van der Waals surface area contributed by atoms with Gasteiger partial charge in [-0.3, -0.25) is 4.79 Å². The maximum absolute atomic E-state index is 12.2. The molecular weight excluding hydrogens is 404 g/mol. The number of rotatable bonds is 4. The highest BCUT2D eigenvalue weighted by molar-refractivity contribution is 9.10. The van der Waals surface area contributed by atoms with E-state index in [9.17, 15) is 4.79 Å². The molecule has 0 unspecified atom stereocenters. The number of nitrogens with zero attached hydrogens (tertiary/aromatic N) is 1. The summed E-state index contributed by atoms with van der Waals surface area (Å²) in [7, 11) is 3.16. The van der Waals surface area contributed by atoms with E-state index in [0.717, 1.165) is 15.7 Å². The van der Waals surface area contributed by atoms with Crippen LogP contribution in [0.15, 0.2) is 56.8 Å². The van der Waals surface area contributed by atoms with E-state index in [-0.39, 0.29) is 5.91 Å². The van der Waals surface area contributed by atoms with Gasteiger partial charge in [-0.1, -0.05) is 18.2 Å². The van der Waals surface area contributed by atoms with E-state index in [1.165, 1.54) is 11.8 Å². The summed E-state index contributed by atoms with van der Waals surface area (Å²) in [4.78, 5) is 17.2. The zero-order valence-electron chi connectivity index (χ0n) is 13.6. The van der Waals surface area contributed by atoms with E-state index in [1.807, 2.05) is 36.4 Å². The highest BCUT2D eigenvalue weighted by atomic mass is 79.9. The van der Waals surface area contributed by atoms with E-state index >= 15 is 0 Å². The van der Waals surface area contributed by atoms with Gasteiger partial charge in [0.15, 0.2) is 16.7 Å². The van der Waals surface area contributed by atoms with Crippen molar-refractivity contribution in [2.45, 2.75) is 0 Å². The molecular formula is C18H15BrN2O3S. The molecule has 1 aliphatic heterocycles. The topological polar surface area (TPSA) is 59.9 Å². The average molecular weight is 419 g/mol. The Morgan fingerprint density at radius 1 is 1.12 bits per heavy atom. The van der Waals surface area contributed by atoms with Crippen LogP contribution < -0.4 is 14.8 Å². The highest BCUT2D eigenvalue weighted by Gasteiger charge is 2.24. The van der Waals surface area contributed by atoms with Crippen molar-refractivity contribution in [3.05, 3.63) is 57.4 Å². The number of amidine groups is 1. The standard InChI is InChI=1S/C18H15BrN2O3S/c1-23-14-8-7-11(9-15(14)24-2)10-16-17(22)21-18(25-16)20-13-6-4-3-5-12(13)19/h3-10H,1-2H3,(H,20,21,22). The van der Waals surface area contributed by atoms with Crippen molar-refractivity contribution in [2.75, 3.05) is 14.2 Å². The van der Waals surface area contributed by atoms with Gasteiger partial charge in [-0.15, -0.1) is 0 Å². The number of hydrogen-bond donors (Lipinski definition) is 1. The van der Waals surface area contributed by atoms with Crippen molar-refractivity contribution in [2.24, 2.45) is 4.99 Å². The molecule has 2 aromatic rings. The Morgan fingerprint density at radius 2 is 1.88 bits per heavy atom. The molecule has 0 saturated carbocycles. The number of benzene rings is 2. The normalized spacial score (nSPS) is 17.0. The Kier molecular flexibility index (Phi) is 5.45. The van der Waals surface area contributed by atoms with Crippen molar-refractivity contribution in [3.63, 3.8) is 0 Å². The van der Waals surface area contributed by atoms with Gasteiger partial charge < -0.3 is 14.8 Å². The van der Waals surface area contributed by atoms with Crippen LogP contribution in [0.2, 0.25) is 0 Å². The van der Waals surface area contributed by atoms with Crippen LogP contribution in [0.1, 0.15) is 5.56 Å². The van der Waals surface area contributed by atoms with E-state index in [2.05, 4.69) is 26.2 Å². The van der Waals surface area contributed by atoms with Gasteiger partial charge in [0.05, 0.1) is 24.8 Å². The summed E-state index contributed by atoms with van der Waals surface area (Å²) in [5, 5.41) is 3.33. The van der Waals surface area contributed by atoms with Gasteiger partial charge >= 0.3 is 0 Å². The van der Waals surface area contributed by atoms with Crippen molar-refractivity contribution in [3.8, 4) is 11.5 Å². The zero-order chi connectivity index (χ0) is 17.8. The fourth-order valence-corrected chi connectivity index (χ4v) is 3.43. The molecule has 0 spiro atoms. The molecule has 0 aliphatic carbocycles. The molecule has 1 heterocycles. The minimum Gasteiger partial charge on any atom is -0.493 e. The third kappa shape index (κ3) is 4.05. The summed E-state index contributed by atoms with van der Waals surface area (Å²) in [6.45, 7) is 0. The molecule has 3 rings (SSSR count). The summed E-state index contributed by atoms with van der Waals surface area (Å²) >= 11 is 4.75. The minimum atomic E-state index is -0.175. The number of ether oxygens (including phenoxy) is 2. The van der Waals surface area contributed by atoms with E-state index in [0.29, 0.717) is 21.6 Å². The predicted octanol–water partition coefficient (Wildman–Crippen LogP) is 4.36. The second kappa shape index (κ2) is 7.76. The minimum absolute atomic E-state index is 0.175. The van der Waals surface area contributed by atoms with Crippen molar-refractivity contribution in [1.29, 1.82) is 0 Å². The predicted molar refractivity (Wildman–Crippen MR) is 104 cm³/mol. The number of thioether (sulfide) groups is 1. The molecule has 0 atom stereocenters. The molecule has 25 heavy (non-hydrogen) atoms. The van der Waals surface area contributed by atoms with Gasteiger partial charge in [0, 0.05) is 4.47 Å². The maximum Gasteiger partial charge on any atom is 0.264 e. The molecule has 128 valence electrons. The molecule has 7 heteroatoms. The fraction of sp³-hybridized carbons (Fsp3) is 0.111. The second-order valence-electron chi connectivity index (χ2n) is 5.05. The molecule has 0 aromatic heterocycles. The number of carbonyl (C=O) groups excluding carboxylic acids is 1. The summed E-state index contributed by atoms with van der Waals surface area (Å²) in [5.41, 5.74) is 1.61. The molecule has 1 N–H and O–H groups in total. The van der Waals surface area contributed by atoms with Crippen LogP contribution in [0.25, 0.3) is 6.08 Å². The monoisotopic (exact) mass is 418 g/mol. The van der Waals surface area contributed by atoms with Crippen molar-refractivity contribution < 1.29 is 14.3 Å². The molecule has 5 nitrogen and oxygen atoms in total. The van der Waals surface area contributed by atoms with Crippen LogP contribution in [0, 0.1) is 0 Å². The van der Waals surface area contributed by atoms with Gasteiger partial charge in [0.2, 0.25) is 0 Å². The number of para-hydroxylation sites is 1. The van der Waals surface area contributed by atoms with E-state index in [1.54, 1.807) is 26.4 Å². The summed E-state index contributed by atoms with van der Waals surface area (Å²) in [6.07, 6.45) is 1.80. The molecule has 0 radical (unpaired) electrons. The van der Waals surface area contributed by atoms with Gasteiger partial charge in [0.25, 0.3) is 5.91 Å². The Morgan fingerprint density at radius 3 is 2.60 bits per heavy atom. The lowest BCUT2D eigenvalue weighted by Crippen LogP contribution is -2.19. The SMILES string of the molecule is COc1ccc(C=C2SC(=Nc3ccccc3Br)NC2=O)cc1OC. The summed E-state index contributed by atoms with van der Waals surface area (Å²) in [6, 6.07) is 13.1. The van der Waals surface area contributed by atoms with Crippen LogP contribution in [0.4, 0.5) is 5.69 Å². The van der Waals surface area contributed by atoms with E-state index < -0.39 is 0 Å². The third-order valence-corrected chi connectivity index (χ3v) is 5.01. The molecule has 1 saturated heterocycles. The molecule has 2 aromatic carbocycles. The van der Waals surface area contributed by atoms with Crippen molar-refractivity contribution >= 4 is 50.5 Å². The first-order valence-corrected chi connectivity index (χ1v) is 8.98. The van der Waals surface area contributed by atoms with E-state index in [4.69, 9.17) is 9.47 Å². The van der Waals surface area contributed by atoms with Crippen LogP contribution in [0.3, 0.4) is 0 Å². The molecule has 1 fully saturated rings. The Labute approximate surface area is 158 Å². The summed E-state index contributed by atoms with van der Waals surface area (Å²) in [5.74, 6) is 1.08. The number of amides is 1. The van der Waals surface area contributed by atoms with Crippen LogP contribution in [0.5, 0.6) is 11.5 Å². The number of methoxy groups -OCH3 is 2.